The smallest absolute Gasteiger partial charge is 0.335 e. The van der Waals surface area contributed by atoms with Crippen LogP contribution in [-0.4, -0.2) is 27.1 Å². The average molecular weight is 324 g/mol. The summed E-state index contributed by atoms with van der Waals surface area (Å²) in [5, 5.41) is 9.28. The third-order valence-electron chi connectivity index (χ3n) is 3.46. The fourth-order valence-corrected chi connectivity index (χ4v) is 2.42. The lowest BCUT2D eigenvalue weighted by molar-refractivity contribution is 0.0697. The Morgan fingerprint density at radius 3 is 2.67 bits per heavy atom. The minimum Gasteiger partial charge on any atom is -0.490 e. The lowest BCUT2D eigenvalue weighted by Crippen LogP contribution is -2.12. The molecule has 0 saturated carbocycles. The molecule has 122 valence electrons. The molecule has 24 heavy (non-hydrogen) atoms. The van der Waals surface area contributed by atoms with E-state index in [1.54, 1.807) is 0 Å². The monoisotopic (exact) mass is 324 g/mol. The number of H-pyrrole nitrogens is 1. The SMILES string of the molecule is CC(C)Oc1ccccc1-c1nc2ccc(C(=O)O)cc2c(=O)[nH]1. The number of carboxylic acid groups (broad SMARTS) is 1. The molecule has 3 rings (SSSR count). The van der Waals surface area contributed by atoms with E-state index in [2.05, 4.69) is 9.97 Å². The van der Waals surface area contributed by atoms with Gasteiger partial charge in [0.25, 0.3) is 5.56 Å². The van der Waals surface area contributed by atoms with Crippen molar-refractivity contribution in [2.24, 2.45) is 0 Å². The maximum atomic E-state index is 12.4. The minimum absolute atomic E-state index is 0.0172. The molecule has 0 amide bonds. The molecule has 2 aromatic carbocycles. The van der Waals surface area contributed by atoms with Crippen molar-refractivity contribution in [3.63, 3.8) is 0 Å². The number of nitrogens with one attached hydrogen (secondary N) is 1. The van der Waals surface area contributed by atoms with E-state index in [0.29, 0.717) is 22.7 Å². The van der Waals surface area contributed by atoms with E-state index in [0.717, 1.165) is 0 Å². The third kappa shape index (κ3) is 2.99. The van der Waals surface area contributed by atoms with Gasteiger partial charge in [0.05, 0.1) is 28.1 Å². The second-order valence-electron chi connectivity index (χ2n) is 5.61. The molecule has 0 radical (unpaired) electrons. The van der Waals surface area contributed by atoms with Gasteiger partial charge in [-0.3, -0.25) is 4.79 Å². The Balaban J connectivity index is 2.17. The topological polar surface area (TPSA) is 92.3 Å². The number of carboxylic acids is 1. The highest BCUT2D eigenvalue weighted by atomic mass is 16.5. The number of benzene rings is 2. The number of carbonyl (C=O) groups is 1. The Kier molecular flexibility index (Phi) is 4.04. The summed E-state index contributed by atoms with van der Waals surface area (Å²) in [6.07, 6.45) is -0.0172. The number of ether oxygens (including phenoxy) is 1. The first-order valence-electron chi connectivity index (χ1n) is 7.49. The molecule has 0 bridgehead atoms. The van der Waals surface area contributed by atoms with Gasteiger partial charge >= 0.3 is 5.97 Å². The molecule has 0 aliphatic rings. The van der Waals surface area contributed by atoms with Gasteiger partial charge in [0.15, 0.2) is 0 Å². The predicted molar refractivity (Wildman–Crippen MR) is 90.5 cm³/mol. The molecule has 1 aromatic heterocycles. The Labute approximate surface area is 137 Å². The Morgan fingerprint density at radius 2 is 1.96 bits per heavy atom. The van der Waals surface area contributed by atoms with Gasteiger partial charge in [0.2, 0.25) is 0 Å². The summed E-state index contributed by atoms with van der Waals surface area (Å²) in [6.45, 7) is 3.83. The first-order valence-corrected chi connectivity index (χ1v) is 7.49. The van der Waals surface area contributed by atoms with Crippen molar-refractivity contribution in [3.8, 4) is 17.1 Å². The zero-order valence-electron chi connectivity index (χ0n) is 13.2. The van der Waals surface area contributed by atoms with Gasteiger partial charge < -0.3 is 14.8 Å². The van der Waals surface area contributed by atoms with Crippen LogP contribution in [0.4, 0.5) is 0 Å². The van der Waals surface area contributed by atoms with Crippen LogP contribution in [0.25, 0.3) is 22.3 Å². The molecule has 2 N–H and O–H groups in total. The summed E-state index contributed by atoms with van der Waals surface area (Å²) in [5.41, 5.74) is 0.758. The maximum absolute atomic E-state index is 12.4. The molecule has 0 aliphatic heterocycles. The van der Waals surface area contributed by atoms with Crippen LogP contribution in [0.2, 0.25) is 0 Å². The molecule has 0 aliphatic carbocycles. The van der Waals surface area contributed by atoms with E-state index >= 15 is 0 Å². The second-order valence-corrected chi connectivity index (χ2v) is 5.61. The highest BCUT2D eigenvalue weighted by molar-refractivity contribution is 5.93. The lowest BCUT2D eigenvalue weighted by atomic mass is 10.1. The number of hydrogen-bond acceptors (Lipinski definition) is 4. The van der Waals surface area contributed by atoms with Gasteiger partial charge in [0, 0.05) is 0 Å². The molecule has 0 atom stereocenters. The van der Waals surface area contributed by atoms with E-state index in [1.165, 1.54) is 18.2 Å². The van der Waals surface area contributed by atoms with Crippen LogP contribution in [0.15, 0.2) is 47.3 Å². The summed E-state index contributed by atoms with van der Waals surface area (Å²) in [6, 6.07) is 11.6. The molecule has 0 fully saturated rings. The first-order chi connectivity index (χ1) is 11.5. The number of aromatic amines is 1. The van der Waals surface area contributed by atoms with Crippen LogP contribution in [0.5, 0.6) is 5.75 Å². The first kappa shape index (κ1) is 15.7. The van der Waals surface area contributed by atoms with Crippen molar-refractivity contribution >= 4 is 16.9 Å². The molecular formula is C18H16N2O4. The predicted octanol–water partition coefficient (Wildman–Crippen LogP) is 3.08. The van der Waals surface area contributed by atoms with Crippen LogP contribution < -0.4 is 10.3 Å². The molecule has 6 heteroatoms. The minimum atomic E-state index is -1.09. The number of fused-ring (bicyclic) bond motifs is 1. The Bertz CT molecular complexity index is 976. The van der Waals surface area contributed by atoms with Crippen molar-refractivity contribution in [2.75, 3.05) is 0 Å². The molecule has 0 spiro atoms. The highest BCUT2D eigenvalue weighted by Crippen LogP contribution is 2.28. The second kappa shape index (κ2) is 6.16. The summed E-state index contributed by atoms with van der Waals surface area (Å²) in [5.74, 6) is -0.0833. The van der Waals surface area contributed by atoms with E-state index in [-0.39, 0.29) is 17.1 Å². The standard InChI is InChI=1S/C18H16N2O4/c1-10(2)24-15-6-4-3-5-12(15)16-19-14-8-7-11(18(22)23)9-13(14)17(21)20-16/h3-10H,1-2H3,(H,22,23)(H,19,20,21). The normalized spacial score (nSPS) is 11.0. The maximum Gasteiger partial charge on any atom is 0.335 e. The quantitative estimate of drug-likeness (QED) is 0.769. The number of para-hydroxylation sites is 1. The molecule has 0 saturated heterocycles. The van der Waals surface area contributed by atoms with E-state index in [1.807, 2.05) is 38.1 Å². The lowest BCUT2D eigenvalue weighted by Gasteiger charge is -2.13. The third-order valence-corrected chi connectivity index (χ3v) is 3.46. The Morgan fingerprint density at radius 1 is 1.21 bits per heavy atom. The van der Waals surface area contributed by atoms with Gasteiger partial charge in [-0.05, 0) is 44.2 Å². The highest BCUT2D eigenvalue weighted by Gasteiger charge is 2.13. The van der Waals surface area contributed by atoms with Gasteiger partial charge in [-0.2, -0.15) is 0 Å². The molecule has 1 heterocycles. The van der Waals surface area contributed by atoms with Crippen LogP contribution in [0, 0.1) is 0 Å². The molecular weight excluding hydrogens is 308 g/mol. The van der Waals surface area contributed by atoms with Gasteiger partial charge in [0.1, 0.15) is 11.6 Å². The Hall–Kier alpha value is -3.15. The van der Waals surface area contributed by atoms with Gasteiger partial charge in [-0.25, -0.2) is 9.78 Å². The molecule has 0 unspecified atom stereocenters. The van der Waals surface area contributed by atoms with E-state index in [9.17, 15) is 9.59 Å². The zero-order chi connectivity index (χ0) is 17.3. The summed E-state index contributed by atoms with van der Waals surface area (Å²) >= 11 is 0. The zero-order valence-corrected chi connectivity index (χ0v) is 13.2. The van der Waals surface area contributed by atoms with Crippen molar-refractivity contribution < 1.29 is 14.6 Å². The number of nitrogens with zero attached hydrogens (tertiary/aromatic N) is 1. The van der Waals surface area contributed by atoms with Crippen LogP contribution in [-0.2, 0) is 0 Å². The number of aromatic carboxylic acids is 1. The average Bonchev–Trinajstić information content (AvgIpc) is 2.54. The molecule has 6 nitrogen and oxygen atoms in total. The fraction of sp³-hybridized carbons (Fsp3) is 0.167. The van der Waals surface area contributed by atoms with E-state index < -0.39 is 11.5 Å². The summed E-state index contributed by atoms with van der Waals surface area (Å²) in [4.78, 5) is 30.5. The van der Waals surface area contributed by atoms with Crippen molar-refractivity contribution in [1.82, 2.24) is 9.97 Å². The largest absolute Gasteiger partial charge is 0.490 e. The van der Waals surface area contributed by atoms with Crippen LogP contribution in [0.1, 0.15) is 24.2 Å². The summed E-state index contributed by atoms with van der Waals surface area (Å²) in [7, 11) is 0. The van der Waals surface area contributed by atoms with Crippen molar-refractivity contribution in [1.29, 1.82) is 0 Å². The van der Waals surface area contributed by atoms with Crippen LogP contribution in [0.3, 0.4) is 0 Å². The van der Waals surface area contributed by atoms with Gasteiger partial charge in [-0.15, -0.1) is 0 Å². The molecule has 3 aromatic rings. The number of rotatable bonds is 4. The number of aromatic nitrogens is 2. The van der Waals surface area contributed by atoms with Crippen molar-refractivity contribution in [3.05, 3.63) is 58.4 Å². The number of hydrogen-bond donors (Lipinski definition) is 2. The fourth-order valence-electron chi connectivity index (χ4n) is 2.42. The van der Waals surface area contributed by atoms with Crippen LogP contribution >= 0.6 is 0 Å². The van der Waals surface area contributed by atoms with Crippen molar-refractivity contribution in [2.45, 2.75) is 20.0 Å². The van der Waals surface area contributed by atoms with E-state index in [4.69, 9.17) is 9.84 Å². The van der Waals surface area contributed by atoms with Gasteiger partial charge in [-0.1, -0.05) is 12.1 Å². The summed E-state index contributed by atoms with van der Waals surface area (Å²) < 4.78 is 5.76.